The molecule has 1 aromatic rings. The molecule has 0 unspecified atom stereocenters. The number of aliphatic hydroxyl groups is 1. The standard InChI is InChI=1S/C16H19NO2S/c18-8-1-2-13-7-9-20-15(13)16(19)17-10-14(11-3-4-11)12-5-6-12/h7,9,11-12,14,18H,3-6,8,10H2,(H,17,19). The fraction of sp³-hybridized carbons (Fsp3) is 0.562. The van der Waals surface area contributed by atoms with Crippen LogP contribution in [0.2, 0.25) is 0 Å². The lowest BCUT2D eigenvalue weighted by Gasteiger charge is -2.15. The summed E-state index contributed by atoms with van der Waals surface area (Å²) in [5.41, 5.74) is 0.718. The first-order chi connectivity index (χ1) is 9.79. The molecule has 2 N–H and O–H groups in total. The summed E-state index contributed by atoms with van der Waals surface area (Å²) in [6.45, 7) is 0.626. The van der Waals surface area contributed by atoms with Crippen LogP contribution in [0.25, 0.3) is 0 Å². The molecule has 1 aromatic heterocycles. The fourth-order valence-corrected chi connectivity index (χ4v) is 3.54. The molecule has 1 amide bonds. The summed E-state index contributed by atoms with van der Waals surface area (Å²) in [4.78, 5) is 12.9. The summed E-state index contributed by atoms with van der Waals surface area (Å²) in [5.74, 6) is 7.79. The molecule has 2 fully saturated rings. The van der Waals surface area contributed by atoms with Crippen molar-refractivity contribution < 1.29 is 9.90 Å². The normalized spacial score (nSPS) is 17.7. The van der Waals surface area contributed by atoms with Crippen molar-refractivity contribution in [1.82, 2.24) is 5.32 Å². The highest BCUT2D eigenvalue weighted by Crippen LogP contribution is 2.48. The van der Waals surface area contributed by atoms with Crippen LogP contribution < -0.4 is 5.32 Å². The van der Waals surface area contributed by atoms with Gasteiger partial charge in [0.05, 0.1) is 0 Å². The molecule has 0 atom stereocenters. The molecular weight excluding hydrogens is 270 g/mol. The van der Waals surface area contributed by atoms with Gasteiger partial charge in [-0.25, -0.2) is 0 Å². The number of aliphatic hydroxyl groups excluding tert-OH is 1. The van der Waals surface area contributed by atoms with Crippen molar-refractivity contribution in [2.24, 2.45) is 17.8 Å². The summed E-state index contributed by atoms with van der Waals surface area (Å²) in [5, 5.41) is 13.7. The third kappa shape index (κ3) is 3.23. The van der Waals surface area contributed by atoms with E-state index in [1.807, 2.05) is 11.4 Å². The average molecular weight is 289 g/mol. The van der Waals surface area contributed by atoms with Gasteiger partial charge in [-0.15, -0.1) is 11.3 Å². The maximum atomic E-state index is 12.2. The van der Waals surface area contributed by atoms with Crippen LogP contribution in [0.4, 0.5) is 0 Å². The van der Waals surface area contributed by atoms with Crippen molar-refractivity contribution >= 4 is 17.2 Å². The molecule has 2 aliphatic rings. The van der Waals surface area contributed by atoms with Gasteiger partial charge < -0.3 is 10.4 Å². The van der Waals surface area contributed by atoms with Gasteiger partial charge in [0.1, 0.15) is 11.5 Å². The molecule has 3 nitrogen and oxygen atoms in total. The highest BCUT2D eigenvalue weighted by molar-refractivity contribution is 7.12. The van der Waals surface area contributed by atoms with Crippen LogP contribution in [0, 0.1) is 29.6 Å². The second kappa shape index (κ2) is 5.99. The SMILES string of the molecule is O=C(NCC(C1CC1)C1CC1)c1sccc1C#CCO. The Hall–Kier alpha value is -1.31. The first kappa shape index (κ1) is 13.7. The molecule has 106 valence electrons. The van der Waals surface area contributed by atoms with Gasteiger partial charge in [-0.2, -0.15) is 0 Å². The zero-order valence-electron chi connectivity index (χ0n) is 11.4. The van der Waals surface area contributed by atoms with Crippen LogP contribution in [-0.2, 0) is 0 Å². The number of hydrogen-bond donors (Lipinski definition) is 2. The minimum atomic E-state index is -0.178. The quantitative estimate of drug-likeness (QED) is 0.817. The van der Waals surface area contributed by atoms with Crippen molar-refractivity contribution in [1.29, 1.82) is 0 Å². The molecule has 2 aliphatic carbocycles. The van der Waals surface area contributed by atoms with Gasteiger partial charge in [-0.3, -0.25) is 4.79 Å². The van der Waals surface area contributed by atoms with E-state index in [4.69, 9.17) is 5.11 Å². The van der Waals surface area contributed by atoms with Crippen molar-refractivity contribution in [2.75, 3.05) is 13.2 Å². The molecule has 3 rings (SSSR count). The van der Waals surface area contributed by atoms with Gasteiger partial charge in [-0.1, -0.05) is 11.8 Å². The zero-order chi connectivity index (χ0) is 13.9. The number of nitrogens with one attached hydrogen (secondary N) is 1. The lowest BCUT2D eigenvalue weighted by atomic mass is 9.98. The minimum Gasteiger partial charge on any atom is -0.384 e. The van der Waals surface area contributed by atoms with E-state index in [0.29, 0.717) is 10.8 Å². The van der Waals surface area contributed by atoms with Gasteiger partial charge in [0, 0.05) is 12.1 Å². The van der Waals surface area contributed by atoms with Crippen LogP contribution in [-0.4, -0.2) is 24.2 Å². The number of hydrogen-bond acceptors (Lipinski definition) is 3. The molecule has 0 aliphatic heterocycles. The fourth-order valence-electron chi connectivity index (χ4n) is 2.78. The van der Waals surface area contributed by atoms with E-state index in [1.54, 1.807) is 0 Å². The van der Waals surface area contributed by atoms with Gasteiger partial charge in [0.15, 0.2) is 0 Å². The molecule has 2 saturated carbocycles. The second-order valence-corrected chi connectivity index (χ2v) is 6.59. The average Bonchev–Trinajstić information content (AvgIpc) is 3.37. The summed E-state index contributed by atoms with van der Waals surface area (Å²) in [7, 11) is 0. The van der Waals surface area contributed by atoms with Crippen LogP contribution in [0.15, 0.2) is 11.4 Å². The lowest BCUT2D eigenvalue weighted by Crippen LogP contribution is -2.31. The monoisotopic (exact) mass is 289 g/mol. The molecule has 0 spiro atoms. The maximum Gasteiger partial charge on any atom is 0.262 e. The number of carbonyl (C=O) groups excluding carboxylic acids is 1. The van der Waals surface area contributed by atoms with Crippen molar-refractivity contribution in [3.05, 3.63) is 21.9 Å². The summed E-state index contributed by atoms with van der Waals surface area (Å²) >= 11 is 1.41. The Morgan fingerprint density at radius 1 is 1.40 bits per heavy atom. The molecule has 0 radical (unpaired) electrons. The Kier molecular flexibility index (Phi) is 4.09. The van der Waals surface area contributed by atoms with E-state index in [1.165, 1.54) is 37.0 Å². The third-order valence-corrected chi connectivity index (χ3v) is 5.04. The van der Waals surface area contributed by atoms with Crippen molar-refractivity contribution in [3.63, 3.8) is 0 Å². The Balaban J connectivity index is 1.59. The number of thiophene rings is 1. The number of carbonyl (C=O) groups is 1. The molecule has 4 heteroatoms. The Morgan fingerprint density at radius 3 is 2.70 bits per heavy atom. The highest BCUT2D eigenvalue weighted by atomic mass is 32.1. The topological polar surface area (TPSA) is 49.3 Å². The third-order valence-electron chi connectivity index (χ3n) is 4.13. The van der Waals surface area contributed by atoms with Gasteiger partial charge in [-0.05, 0) is 54.9 Å². The summed E-state index contributed by atoms with van der Waals surface area (Å²) in [6, 6.07) is 1.83. The molecule has 0 bridgehead atoms. The second-order valence-electron chi connectivity index (χ2n) is 5.67. The Morgan fingerprint density at radius 2 is 2.10 bits per heavy atom. The van der Waals surface area contributed by atoms with Crippen LogP contribution in [0.1, 0.15) is 40.9 Å². The predicted octanol–water partition coefficient (Wildman–Crippen LogP) is 2.26. The highest BCUT2D eigenvalue weighted by Gasteiger charge is 2.41. The van der Waals surface area contributed by atoms with Gasteiger partial charge in [0.2, 0.25) is 0 Å². The van der Waals surface area contributed by atoms with Crippen LogP contribution in [0.5, 0.6) is 0 Å². The summed E-state index contributed by atoms with van der Waals surface area (Å²) < 4.78 is 0. The first-order valence-corrected chi connectivity index (χ1v) is 8.13. The number of amides is 1. The maximum absolute atomic E-state index is 12.2. The smallest absolute Gasteiger partial charge is 0.262 e. The van der Waals surface area contributed by atoms with Gasteiger partial charge in [0.25, 0.3) is 5.91 Å². The molecule has 0 aromatic carbocycles. The predicted molar refractivity (Wildman–Crippen MR) is 79.6 cm³/mol. The Bertz CT molecular complexity index is 534. The lowest BCUT2D eigenvalue weighted by molar-refractivity contribution is 0.0947. The molecule has 0 saturated heterocycles. The van der Waals surface area contributed by atoms with E-state index >= 15 is 0 Å². The van der Waals surface area contributed by atoms with E-state index in [0.717, 1.165) is 23.9 Å². The van der Waals surface area contributed by atoms with E-state index in [9.17, 15) is 4.79 Å². The van der Waals surface area contributed by atoms with Crippen molar-refractivity contribution in [2.45, 2.75) is 25.7 Å². The largest absolute Gasteiger partial charge is 0.384 e. The first-order valence-electron chi connectivity index (χ1n) is 7.25. The number of rotatable bonds is 5. The van der Waals surface area contributed by atoms with E-state index < -0.39 is 0 Å². The van der Waals surface area contributed by atoms with Crippen molar-refractivity contribution in [3.8, 4) is 11.8 Å². The minimum absolute atomic E-state index is 0.0199. The Labute approximate surface area is 123 Å². The zero-order valence-corrected chi connectivity index (χ0v) is 12.2. The van der Waals surface area contributed by atoms with E-state index in [2.05, 4.69) is 17.2 Å². The van der Waals surface area contributed by atoms with Crippen LogP contribution in [0.3, 0.4) is 0 Å². The van der Waals surface area contributed by atoms with E-state index in [-0.39, 0.29) is 12.5 Å². The van der Waals surface area contributed by atoms with Crippen LogP contribution >= 0.6 is 11.3 Å². The molecular formula is C16H19NO2S. The summed E-state index contributed by atoms with van der Waals surface area (Å²) in [6.07, 6.45) is 5.35. The van der Waals surface area contributed by atoms with Gasteiger partial charge >= 0.3 is 0 Å². The molecule has 20 heavy (non-hydrogen) atoms. The molecule has 1 heterocycles.